The van der Waals surface area contributed by atoms with Crippen molar-refractivity contribution in [3.05, 3.63) is 202 Å². The molecule has 1 unspecified atom stereocenters. The van der Waals surface area contributed by atoms with Crippen LogP contribution < -0.4 is 0 Å². The standard InChI is InChI=1S/C42H28/c1-3-15-27(16-4-1)37-38(28-17-5-2-6-18-28)42(40-35-25-13-9-21-31(35)32-22-10-14-26-36(32)40)41(37)39-33-23-11-7-19-29(33)30-20-8-12-24-34(30)39/h1-26,37,40H. The zero-order valence-electron chi connectivity index (χ0n) is 23.2. The molecule has 42 heavy (non-hydrogen) atoms. The molecule has 0 bridgehead atoms. The normalized spacial score (nSPS) is 16.5. The molecule has 6 aromatic rings. The van der Waals surface area contributed by atoms with Crippen molar-refractivity contribution in [2.45, 2.75) is 11.8 Å². The molecular weight excluding hydrogens is 504 g/mol. The Hall–Kier alpha value is -5.20. The van der Waals surface area contributed by atoms with E-state index in [4.69, 9.17) is 0 Å². The number of allylic oxidation sites excluding steroid dienone is 3. The summed E-state index contributed by atoms with van der Waals surface area (Å²) in [4.78, 5) is 0. The monoisotopic (exact) mass is 532 g/mol. The van der Waals surface area contributed by atoms with Crippen LogP contribution in [0.3, 0.4) is 0 Å². The first-order valence-corrected chi connectivity index (χ1v) is 14.9. The summed E-state index contributed by atoms with van der Waals surface area (Å²) < 4.78 is 0. The minimum atomic E-state index is 0.176. The third-order valence-electron chi connectivity index (χ3n) is 9.45. The Balaban J connectivity index is 1.44. The van der Waals surface area contributed by atoms with Gasteiger partial charge < -0.3 is 0 Å². The Bertz CT molecular complexity index is 1980. The van der Waals surface area contributed by atoms with E-state index in [-0.39, 0.29) is 11.8 Å². The van der Waals surface area contributed by atoms with E-state index in [0.29, 0.717) is 0 Å². The Morgan fingerprint density at radius 2 is 0.714 bits per heavy atom. The molecule has 0 nitrogen and oxygen atoms in total. The lowest BCUT2D eigenvalue weighted by Gasteiger charge is -2.43. The molecule has 6 aromatic carbocycles. The molecule has 0 aliphatic heterocycles. The lowest BCUT2D eigenvalue weighted by molar-refractivity contribution is 0.855. The van der Waals surface area contributed by atoms with Crippen molar-refractivity contribution in [1.29, 1.82) is 0 Å². The minimum Gasteiger partial charge on any atom is -0.0622 e. The maximum Gasteiger partial charge on any atom is 0.0358 e. The molecule has 9 rings (SSSR count). The first kappa shape index (κ1) is 23.5. The highest BCUT2D eigenvalue weighted by molar-refractivity contribution is 6.09. The molecule has 0 aromatic heterocycles. The number of hydrogen-bond donors (Lipinski definition) is 0. The molecule has 0 heteroatoms. The summed E-state index contributed by atoms with van der Waals surface area (Å²) in [6, 6.07) is 58.3. The summed E-state index contributed by atoms with van der Waals surface area (Å²) >= 11 is 0. The molecular formula is C42H28. The zero-order valence-corrected chi connectivity index (χ0v) is 23.2. The molecule has 1 atom stereocenters. The van der Waals surface area contributed by atoms with Gasteiger partial charge in [-0.1, -0.05) is 158 Å². The van der Waals surface area contributed by atoms with Gasteiger partial charge in [-0.25, -0.2) is 0 Å². The molecule has 0 spiro atoms. The first-order valence-electron chi connectivity index (χ1n) is 14.9. The topological polar surface area (TPSA) is 0 Å². The van der Waals surface area contributed by atoms with Gasteiger partial charge in [0.25, 0.3) is 0 Å². The fourth-order valence-corrected chi connectivity index (χ4v) is 7.81. The fourth-order valence-electron chi connectivity index (χ4n) is 7.81. The van der Waals surface area contributed by atoms with Gasteiger partial charge in [0, 0.05) is 11.8 Å². The van der Waals surface area contributed by atoms with Gasteiger partial charge in [-0.2, -0.15) is 0 Å². The second-order valence-electron chi connectivity index (χ2n) is 11.5. The molecule has 3 aliphatic rings. The largest absolute Gasteiger partial charge is 0.0622 e. The highest BCUT2D eigenvalue weighted by atomic mass is 14.5. The van der Waals surface area contributed by atoms with Gasteiger partial charge in [0.2, 0.25) is 0 Å². The van der Waals surface area contributed by atoms with Gasteiger partial charge >= 0.3 is 0 Å². The highest BCUT2D eigenvalue weighted by Gasteiger charge is 2.47. The average Bonchev–Trinajstić information content (AvgIpc) is 3.55. The third kappa shape index (κ3) is 3.24. The lowest BCUT2D eigenvalue weighted by Crippen LogP contribution is -2.25. The van der Waals surface area contributed by atoms with Crippen molar-refractivity contribution in [3.8, 4) is 22.3 Å². The average molecular weight is 533 g/mol. The van der Waals surface area contributed by atoms with Crippen molar-refractivity contribution in [2.24, 2.45) is 0 Å². The smallest absolute Gasteiger partial charge is 0.0358 e. The Morgan fingerprint density at radius 1 is 0.286 bits per heavy atom. The van der Waals surface area contributed by atoms with E-state index >= 15 is 0 Å². The Kier molecular flexibility index (Phi) is 5.12. The van der Waals surface area contributed by atoms with Gasteiger partial charge in [-0.05, 0) is 77.9 Å². The minimum absolute atomic E-state index is 0.176. The molecule has 0 radical (unpaired) electrons. The number of fused-ring (bicyclic) bond motifs is 6. The molecule has 3 aliphatic carbocycles. The van der Waals surface area contributed by atoms with Gasteiger partial charge in [0.05, 0.1) is 0 Å². The summed E-state index contributed by atoms with van der Waals surface area (Å²) in [5.41, 5.74) is 19.3. The van der Waals surface area contributed by atoms with E-state index in [9.17, 15) is 0 Å². The van der Waals surface area contributed by atoms with Crippen LogP contribution in [0.5, 0.6) is 0 Å². The zero-order chi connectivity index (χ0) is 27.6. The van der Waals surface area contributed by atoms with E-state index in [2.05, 4.69) is 158 Å². The van der Waals surface area contributed by atoms with E-state index in [1.54, 1.807) is 0 Å². The van der Waals surface area contributed by atoms with Crippen LogP contribution in [0.1, 0.15) is 45.2 Å². The maximum absolute atomic E-state index is 2.35. The lowest BCUT2D eigenvalue weighted by atomic mass is 9.60. The van der Waals surface area contributed by atoms with Gasteiger partial charge in [-0.3, -0.25) is 0 Å². The SMILES string of the molecule is c1ccc(C2=C(C3c4ccccc4-c4ccccc43)C(=C3c4ccccc4-c4ccccc43)C2c2ccccc2)cc1. The predicted molar refractivity (Wildman–Crippen MR) is 174 cm³/mol. The van der Waals surface area contributed by atoms with Crippen LogP contribution in [-0.2, 0) is 0 Å². The van der Waals surface area contributed by atoms with Crippen LogP contribution in [0, 0.1) is 0 Å². The Labute approximate surface area is 247 Å². The van der Waals surface area contributed by atoms with Crippen LogP contribution in [0.2, 0.25) is 0 Å². The second kappa shape index (κ2) is 9.16. The van der Waals surface area contributed by atoms with Crippen molar-refractivity contribution in [2.75, 3.05) is 0 Å². The van der Waals surface area contributed by atoms with Crippen LogP contribution in [0.25, 0.3) is 33.4 Å². The summed E-state index contributed by atoms with van der Waals surface area (Å²) in [6.45, 7) is 0. The van der Waals surface area contributed by atoms with Crippen molar-refractivity contribution >= 4 is 11.1 Å². The molecule has 0 N–H and O–H groups in total. The number of hydrogen-bond acceptors (Lipinski definition) is 0. The summed E-state index contributed by atoms with van der Waals surface area (Å²) in [5, 5.41) is 0. The van der Waals surface area contributed by atoms with Gasteiger partial charge in [0.15, 0.2) is 0 Å². The second-order valence-corrected chi connectivity index (χ2v) is 11.5. The maximum atomic E-state index is 2.35. The number of benzene rings is 6. The highest BCUT2D eigenvalue weighted by Crippen LogP contribution is 2.65. The van der Waals surface area contributed by atoms with Crippen molar-refractivity contribution in [1.82, 2.24) is 0 Å². The van der Waals surface area contributed by atoms with Crippen molar-refractivity contribution < 1.29 is 0 Å². The molecule has 196 valence electrons. The van der Waals surface area contributed by atoms with E-state index in [0.717, 1.165) is 0 Å². The van der Waals surface area contributed by atoms with Crippen LogP contribution >= 0.6 is 0 Å². The van der Waals surface area contributed by atoms with Crippen molar-refractivity contribution in [3.63, 3.8) is 0 Å². The first-order chi connectivity index (χ1) is 20.9. The van der Waals surface area contributed by atoms with Crippen LogP contribution in [0.4, 0.5) is 0 Å². The van der Waals surface area contributed by atoms with E-state index in [1.165, 1.54) is 77.9 Å². The Morgan fingerprint density at radius 3 is 1.26 bits per heavy atom. The molecule has 0 amide bonds. The molecule has 0 saturated carbocycles. The molecule has 0 fully saturated rings. The van der Waals surface area contributed by atoms with Gasteiger partial charge in [0.1, 0.15) is 0 Å². The summed E-state index contributed by atoms with van der Waals surface area (Å²) in [7, 11) is 0. The molecule has 0 heterocycles. The quantitative estimate of drug-likeness (QED) is 0.212. The third-order valence-corrected chi connectivity index (χ3v) is 9.45. The van der Waals surface area contributed by atoms with Gasteiger partial charge in [-0.15, -0.1) is 0 Å². The summed E-state index contributed by atoms with van der Waals surface area (Å²) in [5.74, 6) is 0.354. The molecule has 0 saturated heterocycles. The fraction of sp³-hybridized carbons (Fsp3) is 0.0476. The van der Waals surface area contributed by atoms with E-state index in [1.807, 2.05) is 0 Å². The number of rotatable bonds is 3. The van der Waals surface area contributed by atoms with Crippen LogP contribution in [0.15, 0.2) is 169 Å². The predicted octanol–water partition coefficient (Wildman–Crippen LogP) is 10.5. The van der Waals surface area contributed by atoms with E-state index < -0.39 is 0 Å². The summed E-state index contributed by atoms with van der Waals surface area (Å²) in [6.07, 6.45) is 0. The van der Waals surface area contributed by atoms with Crippen LogP contribution in [-0.4, -0.2) is 0 Å².